The van der Waals surface area contributed by atoms with Crippen molar-refractivity contribution in [1.29, 1.82) is 0 Å². The van der Waals surface area contributed by atoms with Gasteiger partial charge in [-0.1, -0.05) is 6.92 Å². The quantitative estimate of drug-likeness (QED) is 0.864. The van der Waals surface area contributed by atoms with Crippen molar-refractivity contribution in [1.82, 2.24) is 14.5 Å². The van der Waals surface area contributed by atoms with Gasteiger partial charge in [-0.2, -0.15) is 0 Å². The third-order valence-electron chi connectivity index (χ3n) is 3.84. The van der Waals surface area contributed by atoms with E-state index in [-0.39, 0.29) is 12.1 Å². The minimum atomic E-state index is -0.266. The topological polar surface area (TPSA) is 41.3 Å². The molecule has 1 aliphatic heterocycles. The van der Waals surface area contributed by atoms with E-state index in [1.54, 1.807) is 0 Å². The van der Waals surface area contributed by atoms with Gasteiger partial charge in [0.15, 0.2) is 0 Å². The Hall–Kier alpha value is -0.870. The lowest BCUT2D eigenvalue weighted by Gasteiger charge is -2.39. The van der Waals surface area contributed by atoms with E-state index >= 15 is 0 Å². The van der Waals surface area contributed by atoms with Crippen LogP contribution in [0.5, 0.6) is 0 Å². The number of aliphatic hydroxyl groups excluding tert-OH is 1. The summed E-state index contributed by atoms with van der Waals surface area (Å²) in [6.07, 6.45) is 5.84. The Balaban J connectivity index is 2.05. The van der Waals surface area contributed by atoms with Gasteiger partial charge in [0.05, 0.1) is 12.6 Å². The Kier molecular flexibility index (Phi) is 3.84. The summed E-state index contributed by atoms with van der Waals surface area (Å²) >= 11 is 0. The standard InChI is InChI=1S/C13H23N3O/c1-10-4-6-16(12(8-10)11(2)17)9-13-14-5-7-15(13)3/h5,7,10-12,17H,4,6,8-9H2,1-3H3/t10-,11-,12+/m1/s1. The maximum Gasteiger partial charge on any atom is 0.122 e. The first kappa shape index (κ1) is 12.6. The molecule has 3 atom stereocenters. The molecule has 0 bridgehead atoms. The van der Waals surface area contributed by atoms with Gasteiger partial charge in [-0.3, -0.25) is 4.90 Å². The highest BCUT2D eigenvalue weighted by Gasteiger charge is 2.30. The predicted molar refractivity (Wildman–Crippen MR) is 67.5 cm³/mol. The Labute approximate surface area is 103 Å². The maximum atomic E-state index is 9.89. The number of nitrogens with zero attached hydrogens (tertiary/aromatic N) is 3. The van der Waals surface area contributed by atoms with Gasteiger partial charge in [-0.15, -0.1) is 0 Å². The van der Waals surface area contributed by atoms with Crippen LogP contribution in [-0.4, -0.2) is 38.2 Å². The largest absolute Gasteiger partial charge is 0.392 e. The Morgan fingerprint density at radius 2 is 2.35 bits per heavy atom. The fourth-order valence-electron chi connectivity index (χ4n) is 2.66. The Morgan fingerprint density at radius 3 is 2.94 bits per heavy atom. The molecule has 1 N–H and O–H groups in total. The van der Waals surface area contributed by atoms with Crippen molar-refractivity contribution in [2.24, 2.45) is 13.0 Å². The van der Waals surface area contributed by atoms with E-state index in [1.165, 1.54) is 6.42 Å². The molecule has 0 aliphatic carbocycles. The summed E-state index contributed by atoms with van der Waals surface area (Å²) in [5.74, 6) is 1.79. The smallest absolute Gasteiger partial charge is 0.122 e. The van der Waals surface area contributed by atoms with Crippen LogP contribution in [0, 0.1) is 5.92 Å². The number of hydrogen-bond donors (Lipinski definition) is 1. The summed E-state index contributed by atoms with van der Waals surface area (Å²) in [6.45, 7) is 6.07. The highest BCUT2D eigenvalue weighted by atomic mass is 16.3. The summed E-state index contributed by atoms with van der Waals surface area (Å²) in [5.41, 5.74) is 0. The summed E-state index contributed by atoms with van der Waals surface area (Å²) in [5, 5.41) is 9.89. The van der Waals surface area contributed by atoms with Gasteiger partial charge in [-0.05, 0) is 32.2 Å². The second-order valence-corrected chi connectivity index (χ2v) is 5.36. The van der Waals surface area contributed by atoms with E-state index in [1.807, 2.05) is 26.4 Å². The van der Waals surface area contributed by atoms with Crippen LogP contribution in [0.2, 0.25) is 0 Å². The van der Waals surface area contributed by atoms with Gasteiger partial charge in [0.2, 0.25) is 0 Å². The summed E-state index contributed by atoms with van der Waals surface area (Å²) < 4.78 is 2.05. The number of piperidine rings is 1. The zero-order valence-electron chi connectivity index (χ0n) is 11.0. The van der Waals surface area contributed by atoms with Crippen molar-refractivity contribution in [3.63, 3.8) is 0 Å². The average Bonchev–Trinajstić information content (AvgIpc) is 2.67. The molecule has 4 nitrogen and oxygen atoms in total. The van der Waals surface area contributed by atoms with Gasteiger partial charge in [0.1, 0.15) is 5.82 Å². The minimum absolute atomic E-state index is 0.266. The first-order valence-corrected chi connectivity index (χ1v) is 6.46. The Morgan fingerprint density at radius 1 is 1.59 bits per heavy atom. The van der Waals surface area contributed by atoms with E-state index in [4.69, 9.17) is 0 Å². The van der Waals surface area contributed by atoms with E-state index in [9.17, 15) is 5.11 Å². The average molecular weight is 237 g/mol. The van der Waals surface area contributed by atoms with E-state index < -0.39 is 0 Å². The van der Waals surface area contributed by atoms with Crippen molar-refractivity contribution >= 4 is 0 Å². The molecule has 0 amide bonds. The number of imidazole rings is 1. The molecule has 1 aromatic rings. The van der Waals surface area contributed by atoms with E-state index in [0.29, 0.717) is 5.92 Å². The van der Waals surface area contributed by atoms with Crippen LogP contribution in [0.3, 0.4) is 0 Å². The molecular formula is C13H23N3O. The fraction of sp³-hybridized carbons (Fsp3) is 0.769. The molecule has 2 heterocycles. The van der Waals surface area contributed by atoms with Gasteiger partial charge in [0.25, 0.3) is 0 Å². The minimum Gasteiger partial charge on any atom is -0.392 e. The number of rotatable bonds is 3. The number of likely N-dealkylation sites (tertiary alicyclic amines) is 1. The van der Waals surface area contributed by atoms with Crippen molar-refractivity contribution in [3.05, 3.63) is 18.2 Å². The molecule has 0 unspecified atom stereocenters. The predicted octanol–water partition coefficient (Wildman–Crippen LogP) is 1.40. The summed E-state index contributed by atoms with van der Waals surface area (Å²) in [4.78, 5) is 6.73. The highest BCUT2D eigenvalue weighted by molar-refractivity contribution is 4.94. The van der Waals surface area contributed by atoms with Crippen molar-refractivity contribution in [2.75, 3.05) is 6.54 Å². The van der Waals surface area contributed by atoms with Crippen LogP contribution in [0.1, 0.15) is 32.5 Å². The molecule has 1 aromatic heterocycles. The normalized spacial score (nSPS) is 28.2. The molecule has 17 heavy (non-hydrogen) atoms. The summed E-state index contributed by atoms with van der Waals surface area (Å²) in [7, 11) is 2.02. The lowest BCUT2D eigenvalue weighted by atomic mass is 9.90. The molecule has 0 aromatic carbocycles. The zero-order chi connectivity index (χ0) is 12.4. The lowest BCUT2D eigenvalue weighted by Crippen LogP contribution is -2.47. The highest BCUT2D eigenvalue weighted by Crippen LogP contribution is 2.25. The van der Waals surface area contributed by atoms with E-state index in [2.05, 4.69) is 21.4 Å². The van der Waals surface area contributed by atoms with Crippen LogP contribution in [-0.2, 0) is 13.6 Å². The molecule has 0 saturated carbocycles. The first-order chi connectivity index (χ1) is 8.08. The fourth-order valence-corrected chi connectivity index (χ4v) is 2.66. The maximum absolute atomic E-state index is 9.89. The van der Waals surface area contributed by atoms with Crippen LogP contribution >= 0.6 is 0 Å². The number of hydrogen-bond acceptors (Lipinski definition) is 3. The molecule has 0 radical (unpaired) electrons. The summed E-state index contributed by atoms with van der Waals surface area (Å²) in [6, 6.07) is 0.274. The number of aryl methyl sites for hydroxylation is 1. The molecule has 4 heteroatoms. The second-order valence-electron chi connectivity index (χ2n) is 5.36. The van der Waals surface area contributed by atoms with Crippen molar-refractivity contribution in [3.8, 4) is 0 Å². The van der Waals surface area contributed by atoms with Gasteiger partial charge >= 0.3 is 0 Å². The molecule has 1 fully saturated rings. The van der Waals surface area contributed by atoms with Crippen molar-refractivity contribution < 1.29 is 5.11 Å². The van der Waals surface area contributed by atoms with Crippen LogP contribution in [0.15, 0.2) is 12.4 Å². The SMILES string of the molecule is C[C@@H]1CCN(Cc2nccn2C)[C@H]([C@@H](C)O)C1. The first-order valence-electron chi connectivity index (χ1n) is 6.46. The molecule has 2 rings (SSSR count). The molecule has 0 spiro atoms. The van der Waals surface area contributed by atoms with Gasteiger partial charge in [-0.25, -0.2) is 4.98 Å². The number of aromatic nitrogens is 2. The van der Waals surface area contributed by atoms with E-state index in [0.717, 1.165) is 25.3 Å². The molecular weight excluding hydrogens is 214 g/mol. The zero-order valence-corrected chi connectivity index (χ0v) is 11.0. The number of aliphatic hydroxyl groups is 1. The third-order valence-corrected chi connectivity index (χ3v) is 3.84. The van der Waals surface area contributed by atoms with Crippen LogP contribution in [0.25, 0.3) is 0 Å². The van der Waals surface area contributed by atoms with Crippen LogP contribution < -0.4 is 0 Å². The monoisotopic (exact) mass is 237 g/mol. The van der Waals surface area contributed by atoms with Crippen molar-refractivity contribution in [2.45, 2.75) is 45.4 Å². The third kappa shape index (κ3) is 2.87. The Bertz CT molecular complexity index is 361. The van der Waals surface area contributed by atoms with Gasteiger partial charge in [0, 0.05) is 25.5 Å². The molecule has 1 aliphatic rings. The second kappa shape index (κ2) is 5.19. The molecule has 96 valence electrons. The lowest BCUT2D eigenvalue weighted by molar-refractivity contribution is 0.0145. The van der Waals surface area contributed by atoms with Gasteiger partial charge < -0.3 is 9.67 Å². The van der Waals surface area contributed by atoms with Crippen LogP contribution in [0.4, 0.5) is 0 Å². The molecule has 1 saturated heterocycles.